The Morgan fingerprint density at radius 3 is 2.70 bits per heavy atom. The Labute approximate surface area is 216 Å². The van der Waals surface area contributed by atoms with Crippen molar-refractivity contribution in [2.45, 2.75) is 31.4 Å². The summed E-state index contributed by atoms with van der Waals surface area (Å²) in [5.41, 5.74) is 3.02. The number of hydrogen-bond donors (Lipinski definition) is 1. The molecule has 2 unspecified atom stereocenters. The van der Waals surface area contributed by atoms with E-state index < -0.39 is 11.8 Å². The van der Waals surface area contributed by atoms with Crippen LogP contribution >= 0.6 is 0 Å². The molecule has 37 heavy (non-hydrogen) atoms. The Kier molecular flexibility index (Phi) is 7.37. The van der Waals surface area contributed by atoms with E-state index in [2.05, 4.69) is 59.4 Å². The summed E-state index contributed by atoms with van der Waals surface area (Å²) in [6.07, 6.45) is 0.562. The SMILES string of the molecule is COC(=O)COc1cc(F)cc(C2CC(CN[C@H](C)c3cccc4ccccc34)Oc3ccccc32)c1. The van der Waals surface area contributed by atoms with Gasteiger partial charge in [-0.1, -0.05) is 60.7 Å². The van der Waals surface area contributed by atoms with Crippen molar-refractivity contribution in [3.63, 3.8) is 0 Å². The predicted molar refractivity (Wildman–Crippen MR) is 142 cm³/mol. The summed E-state index contributed by atoms with van der Waals surface area (Å²) in [7, 11) is 1.29. The van der Waals surface area contributed by atoms with Crippen LogP contribution in [0, 0.1) is 5.82 Å². The van der Waals surface area contributed by atoms with E-state index in [4.69, 9.17) is 9.47 Å². The van der Waals surface area contributed by atoms with Crippen LogP contribution in [0.2, 0.25) is 0 Å². The van der Waals surface area contributed by atoms with Crippen LogP contribution in [0.3, 0.4) is 0 Å². The maximum absolute atomic E-state index is 14.6. The molecule has 0 saturated carbocycles. The van der Waals surface area contributed by atoms with Crippen LogP contribution in [-0.2, 0) is 9.53 Å². The quantitative estimate of drug-likeness (QED) is 0.294. The number of esters is 1. The summed E-state index contributed by atoms with van der Waals surface area (Å²) < 4.78 is 31.1. The molecule has 0 aliphatic carbocycles. The first-order valence-electron chi connectivity index (χ1n) is 12.5. The fourth-order valence-corrected chi connectivity index (χ4v) is 5.05. The van der Waals surface area contributed by atoms with Crippen LogP contribution in [-0.4, -0.2) is 32.3 Å². The van der Waals surface area contributed by atoms with Crippen molar-refractivity contribution < 1.29 is 23.4 Å². The Morgan fingerprint density at radius 2 is 1.84 bits per heavy atom. The molecule has 3 atom stereocenters. The number of halogens is 1. The molecule has 0 saturated heterocycles. The van der Waals surface area contributed by atoms with Crippen LogP contribution in [0.15, 0.2) is 84.9 Å². The van der Waals surface area contributed by atoms with Gasteiger partial charge in [0.05, 0.1) is 7.11 Å². The summed E-state index contributed by atoms with van der Waals surface area (Å²) in [6, 6.07) is 27.4. The Balaban J connectivity index is 1.36. The number of methoxy groups -OCH3 is 1. The first-order valence-corrected chi connectivity index (χ1v) is 12.5. The lowest BCUT2D eigenvalue weighted by Crippen LogP contribution is -2.37. The van der Waals surface area contributed by atoms with Crippen LogP contribution in [0.5, 0.6) is 11.5 Å². The standard InChI is InChI=1S/C31H30FNO4/c1-20(26-12-7-9-21-8-3-4-10-27(21)26)33-18-25-17-29(28-11-5-6-13-30(28)37-25)22-14-23(32)16-24(15-22)36-19-31(34)35-2/h3-16,20,25,29,33H,17-19H2,1-2H3/t20-,25?,29?/m1/s1. The molecule has 0 spiro atoms. The van der Waals surface area contributed by atoms with Gasteiger partial charge in [-0.3, -0.25) is 0 Å². The second-order valence-electron chi connectivity index (χ2n) is 9.35. The van der Waals surface area contributed by atoms with E-state index in [1.54, 1.807) is 6.07 Å². The highest BCUT2D eigenvalue weighted by Gasteiger charge is 2.30. The number of para-hydroxylation sites is 1. The third-order valence-electron chi connectivity index (χ3n) is 6.91. The minimum atomic E-state index is -0.520. The van der Waals surface area contributed by atoms with Gasteiger partial charge in [-0.2, -0.15) is 0 Å². The van der Waals surface area contributed by atoms with E-state index in [9.17, 15) is 9.18 Å². The van der Waals surface area contributed by atoms with Crippen molar-refractivity contribution >= 4 is 16.7 Å². The minimum Gasteiger partial charge on any atom is -0.489 e. The Morgan fingerprint density at radius 1 is 1.05 bits per heavy atom. The summed E-state index contributed by atoms with van der Waals surface area (Å²) in [5.74, 6) is 0.0725. The number of fused-ring (bicyclic) bond motifs is 2. The molecule has 6 heteroatoms. The molecule has 1 heterocycles. The largest absolute Gasteiger partial charge is 0.489 e. The molecule has 190 valence electrons. The van der Waals surface area contributed by atoms with Crippen molar-refractivity contribution in [3.05, 3.63) is 107 Å². The summed E-state index contributed by atoms with van der Waals surface area (Å²) in [6.45, 7) is 2.52. The van der Waals surface area contributed by atoms with E-state index in [-0.39, 0.29) is 24.7 Å². The molecule has 0 amide bonds. The number of carbonyl (C=O) groups is 1. The third kappa shape index (κ3) is 5.59. The van der Waals surface area contributed by atoms with E-state index in [1.807, 2.05) is 24.3 Å². The molecule has 1 aliphatic rings. The first-order chi connectivity index (χ1) is 18.0. The highest BCUT2D eigenvalue weighted by atomic mass is 19.1. The van der Waals surface area contributed by atoms with Gasteiger partial charge in [-0.25, -0.2) is 9.18 Å². The summed E-state index contributed by atoms with van der Waals surface area (Å²) >= 11 is 0. The summed E-state index contributed by atoms with van der Waals surface area (Å²) in [5, 5.41) is 6.10. The van der Waals surface area contributed by atoms with Gasteiger partial charge in [0.15, 0.2) is 6.61 Å². The lowest BCUT2D eigenvalue weighted by atomic mass is 9.84. The number of ether oxygens (including phenoxy) is 3. The zero-order chi connectivity index (χ0) is 25.8. The first kappa shape index (κ1) is 24.8. The van der Waals surface area contributed by atoms with Gasteiger partial charge in [-0.05, 0) is 53.4 Å². The molecule has 0 aromatic heterocycles. The van der Waals surface area contributed by atoms with Gasteiger partial charge in [0.1, 0.15) is 23.4 Å². The fourth-order valence-electron chi connectivity index (χ4n) is 5.05. The Bertz CT molecular complexity index is 1400. The van der Waals surface area contributed by atoms with Crippen molar-refractivity contribution in [2.24, 2.45) is 0 Å². The molecule has 4 aromatic carbocycles. The monoisotopic (exact) mass is 499 g/mol. The average molecular weight is 500 g/mol. The number of carbonyl (C=O) groups excluding carboxylic acids is 1. The molecule has 1 N–H and O–H groups in total. The number of benzene rings is 4. The smallest absolute Gasteiger partial charge is 0.343 e. The van der Waals surface area contributed by atoms with Gasteiger partial charge in [-0.15, -0.1) is 0 Å². The molecular weight excluding hydrogens is 469 g/mol. The average Bonchev–Trinajstić information content (AvgIpc) is 2.93. The summed E-state index contributed by atoms with van der Waals surface area (Å²) in [4.78, 5) is 11.5. The maximum atomic E-state index is 14.6. The van der Waals surface area contributed by atoms with Gasteiger partial charge in [0, 0.05) is 30.1 Å². The zero-order valence-electron chi connectivity index (χ0n) is 20.9. The lowest BCUT2D eigenvalue weighted by Gasteiger charge is -2.33. The number of hydrogen-bond acceptors (Lipinski definition) is 5. The number of nitrogens with one attached hydrogen (secondary N) is 1. The lowest BCUT2D eigenvalue weighted by molar-refractivity contribution is -0.142. The van der Waals surface area contributed by atoms with Gasteiger partial charge >= 0.3 is 5.97 Å². The second kappa shape index (κ2) is 11.0. The topological polar surface area (TPSA) is 56.8 Å². The van der Waals surface area contributed by atoms with Gasteiger partial charge in [0.2, 0.25) is 0 Å². The maximum Gasteiger partial charge on any atom is 0.343 e. The second-order valence-corrected chi connectivity index (χ2v) is 9.35. The van der Waals surface area contributed by atoms with Crippen LogP contribution in [0.25, 0.3) is 10.8 Å². The van der Waals surface area contributed by atoms with Crippen LogP contribution in [0.4, 0.5) is 4.39 Å². The van der Waals surface area contributed by atoms with Crippen molar-refractivity contribution in [3.8, 4) is 11.5 Å². The third-order valence-corrected chi connectivity index (χ3v) is 6.91. The van der Waals surface area contributed by atoms with Crippen LogP contribution in [0.1, 0.15) is 42.0 Å². The number of rotatable bonds is 8. The van der Waals surface area contributed by atoms with E-state index in [0.29, 0.717) is 18.7 Å². The molecule has 0 fully saturated rings. The fraction of sp³-hybridized carbons (Fsp3) is 0.258. The van der Waals surface area contributed by atoms with E-state index >= 15 is 0 Å². The highest BCUT2D eigenvalue weighted by molar-refractivity contribution is 5.86. The zero-order valence-corrected chi connectivity index (χ0v) is 20.9. The van der Waals surface area contributed by atoms with Gasteiger partial charge < -0.3 is 19.5 Å². The van der Waals surface area contributed by atoms with Crippen LogP contribution < -0.4 is 14.8 Å². The Hall–Kier alpha value is -3.90. The van der Waals surface area contributed by atoms with E-state index in [0.717, 1.165) is 16.9 Å². The molecule has 5 rings (SSSR count). The highest BCUT2D eigenvalue weighted by Crippen LogP contribution is 2.41. The molecule has 4 aromatic rings. The van der Waals surface area contributed by atoms with Crippen molar-refractivity contribution in [1.29, 1.82) is 0 Å². The molecule has 0 bridgehead atoms. The van der Waals surface area contributed by atoms with E-state index in [1.165, 1.54) is 35.6 Å². The predicted octanol–water partition coefficient (Wildman–Crippen LogP) is 6.16. The molecule has 5 nitrogen and oxygen atoms in total. The molecule has 1 aliphatic heterocycles. The molecule has 0 radical (unpaired) electrons. The van der Waals surface area contributed by atoms with Crippen molar-refractivity contribution in [1.82, 2.24) is 5.32 Å². The molecular formula is C31H30FNO4. The van der Waals surface area contributed by atoms with Gasteiger partial charge in [0.25, 0.3) is 0 Å². The normalized spacial score (nSPS) is 17.5. The minimum absolute atomic E-state index is 0.0826. The van der Waals surface area contributed by atoms with Crippen molar-refractivity contribution in [2.75, 3.05) is 20.3 Å².